The predicted octanol–water partition coefficient (Wildman–Crippen LogP) is 4.51. The summed E-state index contributed by atoms with van der Waals surface area (Å²) in [6, 6.07) is 0.816. The fourth-order valence-electron chi connectivity index (χ4n) is 3.84. The van der Waals surface area contributed by atoms with E-state index < -0.39 is 0 Å². The fraction of sp³-hybridized carbons (Fsp3) is 1.00. The summed E-state index contributed by atoms with van der Waals surface area (Å²) >= 11 is 0. The van der Waals surface area contributed by atoms with Crippen LogP contribution in [-0.4, -0.2) is 42.4 Å². The summed E-state index contributed by atoms with van der Waals surface area (Å²) in [5.41, 5.74) is 0. The van der Waals surface area contributed by atoms with Gasteiger partial charge in [-0.1, -0.05) is 45.4 Å². The van der Waals surface area contributed by atoms with Gasteiger partial charge in [-0.3, -0.25) is 0 Å². The van der Waals surface area contributed by atoms with Gasteiger partial charge in [0.25, 0.3) is 0 Å². The van der Waals surface area contributed by atoms with Crippen molar-refractivity contribution >= 4 is 0 Å². The third kappa shape index (κ3) is 6.58. The normalized spacial score (nSPS) is 19.9. The average Bonchev–Trinajstić information content (AvgIpc) is 2.47. The van der Waals surface area contributed by atoms with E-state index in [-0.39, 0.29) is 0 Å². The maximum absolute atomic E-state index is 9.42. The Morgan fingerprint density at radius 2 is 1.45 bits per heavy atom. The lowest BCUT2D eigenvalue weighted by atomic mass is 9.92. The van der Waals surface area contributed by atoms with Crippen LogP contribution in [0.15, 0.2) is 0 Å². The third-order valence-electron chi connectivity index (χ3n) is 5.34. The molecule has 1 N–H and O–H groups in total. The van der Waals surface area contributed by atoms with Crippen LogP contribution in [0.4, 0.5) is 0 Å². The number of quaternary nitrogens is 1. The van der Waals surface area contributed by atoms with Gasteiger partial charge >= 0.3 is 0 Å². The van der Waals surface area contributed by atoms with E-state index in [1.165, 1.54) is 83.6 Å². The van der Waals surface area contributed by atoms with Gasteiger partial charge in [-0.15, -0.1) is 0 Å². The molecule has 1 aliphatic rings. The number of hydrogen-bond donors (Lipinski definition) is 1. The molecule has 20 heavy (non-hydrogen) atoms. The van der Waals surface area contributed by atoms with E-state index in [4.69, 9.17) is 0 Å². The van der Waals surface area contributed by atoms with E-state index in [2.05, 4.69) is 14.0 Å². The minimum absolute atomic E-state index is 0.351. The molecule has 1 atom stereocenters. The smallest absolute Gasteiger partial charge is 0.102 e. The first-order chi connectivity index (χ1) is 9.73. The molecule has 1 fully saturated rings. The zero-order chi connectivity index (χ0) is 14.7. The topological polar surface area (TPSA) is 20.2 Å². The Balaban J connectivity index is 2.23. The summed E-state index contributed by atoms with van der Waals surface area (Å²) < 4.78 is 1.13. The van der Waals surface area contributed by atoms with Crippen LogP contribution in [0.1, 0.15) is 84.0 Å². The highest BCUT2D eigenvalue weighted by Gasteiger charge is 2.32. The van der Waals surface area contributed by atoms with Crippen molar-refractivity contribution in [3.8, 4) is 0 Å². The van der Waals surface area contributed by atoms with Gasteiger partial charge in [0.15, 0.2) is 0 Å². The first-order valence-corrected chi connectivity index (χ1v) is 9.18. The molecule has 0 aromatic heterocycles. The van der Waals surface area contributed by atoms with Gasteiger partial charge < -0.3 is 9.59 Å². The first kappa shape index (κ1) is 18.0. The molecule has 0 saturated heterocycles. The van der Waals surface area contributed by atoms with Gasteiger partial charge in [-0.2, -0.15) is 0 Å². The molecule has 1 aliphatic carbocycles. The predicted molar refractivity (Wildman–Crippen MR) is 87.9 cm³/mol. The molecule has 2 nitrogen and oxygen atoms in total. The highest BCUT2D eigenvalue weighted by atomic mass is 16.3. The number of hydrogen-bond acceptors (Lipinski definition) is 1. The summed E-state index contributed by atoms with van der Waals surface area (Å²) in [4.78, 5) is 0. The van der Waals surface area contributed by atoms with Crippen molar-refractivity contribution in [3.05, 3.63) is 0 Å². The van der Waals surface area contributed by atoms with E-state index in [0.29, 0.717) is 6.61 Å². The second kappa shape index (κ2) is 10.6. The molecule has 120 valence electrons. The summed E-state index contributed by atoms with van der Waals surface area (Å²) in [5.74, 6) is 0. The third-order valence-corrected chi connectivity index (χ3v) is 5.34. The molecular formula is C18H38NO+. The van der Waals surface area contributed by atoms with Crippen molar-refractivity contribution < 1.29 is 9.59 Å². The van der Waals surface area contributed by atoms with Crippen LogP contribution in [0.3, 0.4) is 0 Å². The largest absolute Gasteiger partial charge is 0.391 e. The zero-order valence-corrected chi connectivity index (χ0v) is 14.1. The monoisotopic (exact) mass is 284 g/mol. The molecule has 0 spiro atoms. The van der Waals surface area contributed by atoms with Crippen LogP contribution < -0.4 is 0 Å². The standard InChI is InChI=1S/C18H38NO/c1-3-4-5-6-7-8-12-15-19(2,16-17-20)18-13-10-9-11-14-18/h18,20H,3-17H2,1-2H3/q+1. The van der Waals surface area contributed by atoms with Crippen molar-refractivity contribution in [2.45, 2.75) is 90.0 Å². The van der Waals surface area contributed by atoms with Crippen LogP contribution in [0.25, 0.3) is 0 Å². The lowest BCUT2D eigenvalue weighted by molar-refractivity contribution is -0.935. The van der Waals surface area contributed by atoms with E-state index in [0.717, 1.165) is 17.1 Å². The fourth-order valence-corrected chi connectivity index (χ4v) is 3.84. The number of likely N-dealkylation sites (N-methyl/N-ethyl adjacent to an activating group) is 1. The molecule has 1 saturated carbocycles. The van der Waals surface area contributed by atoms with Crippen molar-refractivity contribution in [3.63, 3.8) is 0 Å². The number of unbranched alkanes of at least 4 members (excludes halogenated alkanes) is 6. The average molecular weight is 285 g/mol. The molecule has 0 radical (unpaired) electrons. The highest BCUT2D eigenvalue weighted by Crippen LogP contribution is 2.27. The molecule has 2 heteroatoms. The van der Waals surface area contributed by atoms with Gasteiger partial charge in [0.2, 0.25) is 0 Å². The molecule has 1 rings (SSSR count). The molecule has 0 aliphatic heterocycles. The zero-order valence-electron chi connectivity index (χ0n) is 14.1. The van der Waals surface area contributed by atoms with Crippen molar-refractivity contribution in [2.75, 3.05) is 26.7 Å². The van der Waals surface area contributed by atoms with Crippen LogP contribution in [-0.2, 0) is 0 Å². The second-order valence-electron chi connectivity index (χ2n) is 7.06. The van der Waals surface area contributed by atoms with E-state index in [1.54, 1.807) is 0 Å². The number of aliphatic hydroxyl groups is 1. The Morgan fingerprint density at radius 1 is 0.850 bits per heavy atom. The Morgan fingerprint density at radius 3 is 2.05 bits per heavy atom. The SMILES string of the molecule is CCCCCCCCC[N+](C)(CCO)C1CCCCC1. The summed E-state index contributed by atoms with van der Waals surface area (Å²) in [6.07, 6.45) is 16.7. The molecule has 1 unspecified atom stereocenters. The number of rotatable bonds is 11. The molecule has 0 aromatic rings. The van der Waals surface area contributed by atoms with Crippen LogP contribution in [0.5, 0.6) is 0 Å². The van der Waals surface area contributed by atoms with Crippen LogP contribution >= 0.6 is 0 Å². The van der Waals surface area contributed by atoms with Gasteiger partial charge in [0.05, 0.1) is 26.2 Å². The van der Waals surface area contributed by atoms with Gasteiger partial charge in [0, 0.05) is 0 Å². The van der Waals surface area contributed by atoms with Crippen molar-refractivity contribution in [1.82, 2.24) is 0 Å². The Hall–Kier alpha value is -0.0800. The van der Waals surface area contributed by atoms with E-state index >= 15 is 0 Å². The summed E-state index contributed by atoms with van der Waals surface area (Å²) in [6.45, 7) is 4.87. The molecular weight excluding hydrogens is 246 g/mol. The van der Waals surface area contributed by atoms with Crippen molar-refractivity contribution in [2.24, 2.45) is 0 Å². The maximum Gasteiger partial charge on any atom is 0.102 e. The van der Waals surface area contributed by atoms with Crippen LogP contribution in [0.2, 0.25) is 0 Å². The Labute approximate surface area is 127 Å². The second-order valence-corrected chi connectivity index (χ2v) is 7.06. The lowest BCUT2D eigenvalue weighted by Gasteiger charge is -2.43. The molecule has 0 aromatic carbocycles. The van der Waals surface area contributed by atoms with Crippen LogP contribution in [0, 0.1) is 0 Å². The van der Waals surface area contributed by atoms with E-state index in [9.17, 15) is 5.11 Å². The summed E-state index contributed by atoms with van der Waals surface area (Å²) in [7, 11) is 2.39. The Bertz CT molecular complexity index is 225. The summed E-state index contributed by atoms with van der Waals surface area (Å²) in [5, 5.41) is 9.42. The van der Waals surface area contributed by atoms with E-state index in [1.807, 2.05) is 0 Å². The quantitative estimate of drug-likeness (QED) is 0.437. The first-order valence-electron chi connectivity index (χ1n) is 9.18. The maximum atomic E-state index is 9.42. The molecule has 0 amide bonds. The minimum atomic E-state index is 0.351. The van der Waals surface area contributed by atoms with Gasteiger partial charge in [-0.05, 0) is 38.5 Å². The highest BCUT2D eigenvalue weighted by molar-refractivity contribution is 4.67. The number of aliphatic hydroxyl groups excluding tert-OH is 1. The van der Waals surface area contributed by atoms with Gasteiger partial charge in [0.1, 0.15) is 6.54 Å². The molecule has 0 heterocycles. The lowest BCUT2D eigenvalue weighted by Crippen LogP contribution is -2.55. The molecule has 0 bridgehead atoms. The van der Waals surface area contributed by atoms with Gasteiger partial charge in [-0.25, -0.2) is 0 Å². The Kier molecular flexibility index (Phi) is 9.54. The number of nitrogens with zero attached hydrogens (tertiary/aromatic N) is 1. The van der Waals surface area contributed by atoms with Crippen molar-refractivity contribution in [1.29, 1.82) is 0 Å². The minimum Gasteiger partial charge on any atom is -0.391 e.